The maximum atomic E-state index is 12.0. The van der Waals surface area contributed by atoms with E-state index in [1.54, 1.807) is 24.3 Å². The van der Waals surface area contributed by atoms with Crippen LogP contribution in [0, 0.1) is 6.92 Å². The van der Waals surface area contributed by atoms with Crippen molar-refractivity contribution in [2.75, 3.05) is 6.54 Å². The van der Waals surface area contributed by atoms with E-state index >= 15 is 0 Å². The van der Waals surface area contributed by atoms with Crippen molar-refractivity contribution in [3.63, 3.8) is 0 Å². The molecule has 0 unspecified atom stereocenters. The first-order chi connectivity index (χ1) is 11.5. The Bertz CT molecular complexity index is 675. The van der Waals surface area contributed by atoms with Crippen molar-refractivity contribution in [3.8, 4) is 5.75 Å². The maximum absolute atomic E-state index is 12.0. The first-order valence-corrected chi connectivity index (χ1v) is 8.19. The highest BCUT2D eigenvalue weighted by atomic mass is 16.3. The van der Waals surface area contributed by atoms with Gasteiger partial charge in [0, 0.05) is 24.9 Å². The summed E-state index contributed by atoms with van der Waals surface area (Å²) >= 11 is 0. The van der Waals surface area contributed by atoms with Gasteiger partial charge >= 0.3 is 0 Å². The Morgan fingerprint density at radius 2 is 1.62 bits per heavy atom. The molecule has 0 aliphatic heterocycles. The Kier molecular flexibility index (Phi) is 6.55. The Morgan fingerprint density at radius 1 is 0.958 bits per heavy atom. The topological polar surface area (TPSA) is 66.4 Å². The summed E-state index contributed by atoms with van der Waals surface area (Å²) in [5.41, 5.74) is 2.88. The van der Waals surface area contributed by atoms with E-state index in [2.05, 4.69) is 5.32 Å². The van der Waals surface area contributed by atoms with Gasteiger partial charge in [-0.05, 0) is 37.5 Å². The third-order valence-electron chi connectivity index (χ3n) is 3.85. The number of phenols is 1. The van der Waals surface area contributed by atoms with Crippen molar-refractivity contribution in [2.24, 2.45) is 0 Å². The molecule has 0 saturated carbocycles. The monoisotopic (exact) mass is 325 g/mol. The van der Waals surface area contributed by atoms with E-state index in [9.17, 15) is 14.7 Å². The van der Waals surface area contributed by atoms with Gasteiger partial charge in [0.15, 0.2) is 5.78 Å². The molecule has 4 heteroatoms. The van der Waals surface area contributed by atoms with Gasteiger partial charge in [0.2, 0.25) is 5.91 Å². The van der Waals surface area contributed by atoms with Crippen molar-refractivity contribution in [3.05, 3.63) is 65.2 Å². The molecule has 0 aliphatic rings. The smallest absolute Gasteiger partial charge is 0.220 e. The second-order valence-electron chi connectivity index (χ2n) is 5.91. The van der Waals surface area contributed by atoms with Crippen molar-refractivity contribution in [1.82, 2.24) is 5.32 Å². The summed E-state index contributed by atoms with van der Waals surface area (Å²) in [5, 5.41) is 12.1. The van der Waals surface area contributed by atoms with Crippen LogP contribution >= 0.6 is 0 Å². The average molecular weight is 325 g/mol. The van der Waals surface area contributed by atoms with Crippen LogP contribution in [0.15, 0.2) is 48.5 Å². The van der Waals surface area contributed by atoms with Gasteiger partial charge in [0.1, 0.15) is 5.75 Å². The molecule has 0 atom stereocenters. The Hall–Kier alpha value is -2.62. The van der Waals surface area contributed by atoms with Gasteiger partial charge in [-0.25, -0.2) is 0 Å². The lowest BCUT2D eigenvalue weighted by molar-refractivity contribution is -0.121. The van der Waals surface area contributed by atoms with Gasteiger partial charge in [-0.15, -0.1) is 0 Å². The second-order valence-corrected chi connectivity index (χ2v) is 5.91. The summed E-state index contributed by atoms with van der Waals surface area (Å²) in [4.78, 5) is 23.8. The number of hydrogen-bond donors (Lipinski definition) is 2. The normalized spacial score (nSPS) is 10.4. The molecule has 0 radical (unpaired) electrons. The van der Waals surface area contributed by atoms with Crippen LogP contribution in [-0.4, -0.2) is 23.3 Å². The van der Waals surface area contributed by atoms with Crippen LogP contribution in [-0.2, 0) is 11.2 Å². The van der Waals surface area contributed by atoms with E-state index in [0.29, 0.717) is 12.1 Å². The minimum Gasteiger partial charge on any atom is -0.508 e. The van der Waals surface area contributed by atoms with Crippen LogP contribution in [0.4, 0.5) is 0 Å². The predicted octanol–water partition coefficient (Wildman–Crippen LogP) is 3.41. The van der Waals surface area contributed by atoms with Gasteiger partial charge in [-0.3, -0.25) is 9.59 Å². The summed E-state index contributed by atoms with van der Waals surface area (Å²) in [7, 11) is 0. The third kappa shape index (κ3) is 5.88. The molecule has 0 spiro atoms. The lowest BCUT2D eigenvalue weighted by Gasteiger charge is -2.06. The number of aromatic hydroxyl groups is 1. The summed E-state index contributed by atoms with van der Waals surface area (Å²) < 4.78 is 0. The maximum Gasteiger partial charge on any atom is 0.220 e. The minimum atomic E-state index is -0.0961. The van der Waals surface area contributed by atoms with Crippen LogP contribution < -0.4 is 5.32 Å². The molecule has 2 aromatic rings. The fraction of sp³-hybridized carbons (Fsp3) is 0.300. The standard InChI is InChI=1S/C20H23NO3/c1-15-4-8-17(9-5-15)19(23)12-13-20(24)21-14-2-3-16-6-10-18(22)11-7-16/h4-11,22H,2-3,12-14H2,1H3,(H,21,24). The Balaban J connectivity index is 1.63. The molecule has 126 valence electrons. The quantitative estimate of drug-likeness (QED) is 0.577. The van der Waals surface area contributed by atoms with Crippen LogP contribution in [0.5, 0.6) is 5.75 Å². The molecule has 24 heavy (non-hydrogen) atoms. The van der Waals surface area contributed by atoms with Crippen molar-refractivity contribution in [1.29, 1.82) is 0 Å². The van der Waals surface area contributed by atoms with Gasteiger partial charge in [-0.2, -0.15) is 0 Å². The number of ketones is 1. The van der Waals surface area contributed by atoms with E-state index in [4.69, 9.17) is 0 Å². The van der Waals surface area contributed by atoms with Crippen LogP contribution in [0.25, 0.3) is 0 Å². The number of carbonyl (C=O) groups is 2. The zero-order valence-corrected chi connectivity index (χ0v) is 13.9. The largest absolute Gasteiger partial charge is 0.508 e. The molecular formula is C20H23NO3. The number of hydrogen-bond acceptors (Lipinski definition) is 3. The molecular weight excluding hydrogens is 302 g/mol. The molecule has 1 amide bonds. The van der Waals surface area contributed by atoms with E-state index in [-0.39, 0.29) is 30.3 Å². The number of nitrogens with one attached hydrogen (secondary N) is 1. The molecule has 0 saturated heterocycles. The molecule has 0 aliphatic carbocycles. The fourth-order valence-corrected chi connectivity index (χ4v) is 2.38. The third-order valence-corrected chi connectivity index (χ3v) is 3.85. The zero-order chi connectivity index (χ0) is 17.4. The lowest BCUT2D eigenvalue weighted by Crippen LogP contribution is -2.25. The summed E-state index contributed by atoms with van der Waals surface area (Å²) in [6.07, 6.45) is 2.10. The fourth-order valence-electron chi connectivity index (χ4n) is 2.38. The minimum absolute atomic E-state index is 0.00533. The van der Waals surface area contributed by atoms with Gasteiger partial charge in [0.05, 0.1) is 0 Å². The molecule has 2 N–H and O–H groups in total. The lowest BCUT2D eigenvalue weighted by atomic mass is 10.0. The summed E-state index contributed by atoms with van der Waals surface area (Å²) in [6, 6.07) is 14.5. The van der Waals surface area contributed by atoms with Crippen molar-refractivity contribution in [2.45, 2.75) is 32.6 Å². The number of rotatable bonds is 8. The molecule has 2 rings (SSSR count). The molecule has 0 heterocycles. The first kappa shape index (κ1) is 17.7. The molecule has 4 nitrogen and oxygen atoms in total. The SMILES string of the molecule is Cc1ccc(C(=O)CCC(=O)NCCCc2ccc(O)cc2)cc1. The number of phenolic OH excluding ortho intramolecular Hbond substituents is 1. The van der Waals surface area contributed by atoms with Crippen LogP contribution in [0.2, 0.25) is 0 Å². The van der Waals surface area contributed by atoms with Gasteiger partial charge in [0.25, 0.3) is 0 Å². The van der Waals surface area contributed by atoms with E-state index in [0.717, 1.165) is 24.0 Å². The van der Waals surface area contributed by atoms with Crippen molar-refractivity contribution < 1.29 is 14.7 Å². The highest BCUT2D eigenvalue weighted by Crippen LogP contribution is 2.11. The number of benzene rings is 2. The van der Waals surface area contributed by atoms with Gasteiger partial charge in [-0.1, -0.05) is 42.0 Å². The van der Waals surface area contributed by atoms with Crippen LogP contribution in [0.3, 0.4) is 0 Å². The highest BCUT2D eigenvalue weighted by Gasteiger charge is 2.08. The van der Waals surface area contributed by atoms with E-state index in [1.807, 2.05) is 31.2 Å². The number of Topliss-reactive ketones (excluding diaryl/α,β-unsaturated/α-hetero) is 1. The summed E-state index contributed by atoms with van der Waals surface area (Å²) in [5.74, 6) is 0.153. The first-order valence-electron chi connectivity index (χ1n) is 8.19. The van der Waals surface area contributed by atoms with Gasteiger partial charge < -0.3 is 10.4 Å². The molecule has 0 bridgehead atoms. The summed E-state index contributed by atoms with van der Waals surface area (Å²) in [6.45, 7) is 2.55. The Morgan fingerprint density at radius 3 is 2.29 bits per heavy atom. The average Bonchev–Trinajstić information content (AvgIpc) is 2.59. The number of aryl methyl sites for hydroxylation is 2. The molecule has 2 aromatic carbocycles. The second kappa shape index (κ2) is 8.87. The highest BCUT2D eigenvalue weighted by molar-refractivity contribution is 5.97. The van der Waals surface area contributed by atoms with E-state index < -0.39 is 0 Å². The zero-order valence-electron chi connectivity index (χ0n) is 13.9. The van der Waals surface area contributed by atoms with Crippen molar-refractivity contribution >= 4 is 11.7 Å². The molecule has 0 fully saturated rings. The van der Waals surface area contributed by atoms with Crippen LogP contribution in [0.1, 0.15) is 40.7 Å². The molecule has 0 aromatic heterocycles. The Labute approximate surface area is 142 Å². The predicted molar refractivity (Wildman–Crippen MR) is 94.2 cm³/mol. The number of carbonyl (C=O) groups excluding carboxylic acids is 2. The van der Waals surface area contributed by atoms with E-state index in [1.165, 1.54) is 0 Å². The number of amides is 1.